The minimum atomic E-state index is -0.458. The Morgan fingerprint density at radius 2 is 1.91 bits per heavy atom. The van der Waals surface area contributed by atoms with Gasteiger partial charge in [0.05, 0.1) is 13.2 Å². The van der Waals surface area contributed by atoms with Gasteiger partial charge in [-0.1, -0.05) is 27.7 Å². The summed E-state index contributed by atoms with van der Waals surface area (Å²) in [4.78, 5) is 12.0. The molecule has 124 valence electrons. The van der Waals surface area contributed by atoms with Crippen LogP contribution in [-0.4, -0.2) is 32.1 Å². The molecule has 0 N–H and O–H groups in total. The first kappa shape index (κ1) is 17.0. The van der Waals surface area contributed by atoms with Gasteiger partial charge in [0.1, 0.15) is 12.4 Å². The van der Waals surface area contributed by atoms with Gasteiger partial charge in [-0.2, -0.15) is 0 Å². The van der Waals surface area contributed by atoms with E-state index in [1.165, 1.54) is 0 Å². The normalized spacial score (nSPS) is 19.2. The summed E-state index contributed by atoms with van der Waals surface area (Å²) in [6, 6.07) is 1.70. The Balaban J connectivity index is 1.91. The van der Waals surface area contributed by atoms with Gasteiger partial charge in [-0.3, -0.25) is 0 Å². The molecule has 0 unspecified atom stereocenters. The van der Waals surface area contributed by atoms with Gasteiger partial charge in [0, 0.05) is 10.8 Å². The summed E-state index contributed by atoms with van der Waals surface area (Å²) in [6.07, 6.45) is -0.381. The Morgan fingerprint density at radius 1 is 1.32 bits per heavy atom. The summed E-state index contributed by atoms with van der Waals surface area (Å²) in [6.45, 7) is 13.3. The molecule has 2 rings (SSSR count). The molecule has 0 aliphatic carbocycles. The van der Waals surface area contributed by atoms with Gasteiger partial charge < -0.3 is 18.6 Å². The van der Waals surface area contributed by atoms with Crippen LogP contribution in [-0.2, 0) is 14.2 Å². The molecular formula is C17H26O5. The zero-order chi connectivity index (χ0) is 16.5. The zero-order valence-electron chi connectivity index (χ0n) is 14.3. The monoisotopic (exact) mass is 310 g/mol. The first-order chi connectivity index (χ1) is 10.1. The van der Waals surface area contributed by atoms with Crippen LogP contribution in [0.4, 0.5) is 0 Å². The predicted molar refractivity (Wildman–Crippen MR) is 81.7 cm³/mol. The number of carbonyl (C=O) groups is 1. The highest BCUT2D eigenvalue weighted by Crippen LogP contribution is 2.32. The molecule has 0 radical (unpaired) electrons. The standard InChI is InChI=1S/C17H26O5/c1-11-7-13(22-12(11)2)14(18)19-10-17(5,6)15-20-8-16(3,4)9-21-15/h7,15H,8-10H2,1-6H3. The lowest BCUT2D eigenvalue weighted by Gasteiger charge is -2.41. The van der Waals surface area contributed by atoms with Gasteiger partial charge in [0.25, 0.3) is 0 Å². The minimum absolute atomic E-state index is 0.0203. The molecule has 0 aromatic carbocycles. The molecule has 1 aromatic rings. The van der Waals surface area contributed by atoms with Crippen molar-refractivity contribution in [3.63, 3.8) is 0 Å². The van der Waals surface area contributed by atoms with E-state index in [1.54, 1.807) is 6.07 Å². The van der Waals surface area contributed by atoms with Crippen LogP contribution in [0.1, 0.15) is 49.6 Å². The lowest BCUT2D eigenvalue weighted by Crippen LogP contribution is -2.46. The maximum atomic E-state index is 12.0. The van der Waals surface area contributed by atoms with Crippen molar-refractivity contribution in [3.8, 4) is 0 Å². The molecule has 1 aliphatic rings. The van der Waals surface area contributed by atoms with Crippen molar-refractivity contribution < 1.29 is 23.4 Å². The number of furan rings is 1. The number of rotatable bonds is 4. The summed E-state index contributed by atoms with van der Waals surface area (Å²) in [5.74, 6) is 0.505. The van der Waals surface area contributed by atoms with E-state index in [9.17, 15) is 4.79 Å². The number of esters is 1. The number of hydrogen-bond donors (Lipinski definition) is 0. The van der Waals surface area contributed by atoms with Crippen molar-refractivity contribution in [2.24, 2.45) is 10.8 Å². The average molecular weight is 310 g/mol. The third-order valence-electron chi connectivity index (χ3n) is 3.83. The second-order valence-electron chi connectivity index (χ2n) is 7.53. The molecule has 0 spiro atoms. The zero-order valence-corrected chi connectivity index (χ0v) is 14.3. The Bertz CT molecular complexity index is 512. The van der Waals surface area contributed by atoms with Crippen LogP contribution in [0.15, 0.2) is 10.5 Å². The fraction of sp³-hybridized carbons (Fsp3) is 0.706. The van der Waals surface area contributed by atoms with E-state index in [4.69, 9.17) is 18.6 Å². The maximum absolute atomic E-state index is 12.0. The Hall–Kier alpha value is -1.33. The summed E-state index contributed by atoms with van der Waals surface area (Å²) < 4.78 is 22.3. The molecule has 0 bridgehead atoms. The van der Waals surface area contributed by atoms with Crippen molar-refractivity contribution in [2.45, 2.75) is 47.8 Å². The van der Waals surface area contributed by atoms with Crippen LogP contribution in [0.25, 0.3) is 0 Å². The minimum Gasteiger partial charge on any atom is -0.459 e. The molecule has 1 aliphatic heterocycles. The Morgan fingerprint density at radius 3 is 2.41 bits per heavy atom. The van der Waals surface area contributed by atoms with Crippen molar-refractivity contribution in [1.82, 2.24) is 0 Å². The van der Waals surface area contributed by atoms with Crippen LogP contribution >= 0.6 is 0 Å². The first-order valence-electron chi connectivity index (χ1n) is 7.58. The largest absolute Gasteiger partial charge is 0.459 e. The number of carbonyl (C=O) groups excluding carboxylic acids is 1. The van der Waals surface area contributed by atoms with Crippen LogP contribution in [0.3, 0.4) is 0 Å². The van der Waals surface area contributed by atoms with E-state index < -0.39 is 11.4 Å². The van der Waals surface area contributed by atoms with E-state index in [-0.39, 0.29) is 24.1 Å². The smallest absolute Gasteiger partial charge is 0.374 e. The van der Waals surface area contributed by atoms with Crippen molar-refractivity contribution in [1.29, 1.82) is 0 Å². The molecule has 1 fully saturated rings. The summed E-state index contributed by atoms with van der Waals surface area (Å²) in [7, 11) is 0. The summed E-state index contributed by atoms with van der Waals surface area (Å²) >= 11 is 0. The highest BCUT2D eigenvalue weighted by Gasteiger charge is 2.39. The van der Waals surface area contributed by atoms with Crippen LogP contribution in [0.5, 0.6) is 0 Å². The summed E-state index contributed by atoms with van der Waals surface area (Å²) in [5, 5.41) is 0. The van der Waals surface area contributed by atoms with Crippen LogP contribution in [0.2, 0.25) is 0 Å². The van der Waals surface area contributed by atoms with E-state index >= 15 is 0 Å². The fourth-order valence-corrected chi connectivity index (χ4v) is 2.21. The topological polar surface area (TPSA) is 57.9 Å². The fourth-order valence-electron chi connectivity index (χ4n) is 2.21. The second-order valence-corrected chi connectivity index (χ2v) is 7.53. The van der Waals surface area contributed by atoms with E-state index in [2.05, 4.69) is 13.8 Å². The van der Waals surface area contributed by atoms with Gasteiger partial charge in [-0.25, -0.2) is 4.79 Å². The van der Waals surface area contributed by atoms with Gasteiger partial charge in [-0.05, 0) is 25.5 Å². The van der Waals surface area contributed by atoms with Gasteiger partial charge >= 0.3 is 5.97 Å². The lowest BCUT2D eigenvalue weighted by atomic mass is 9.90. The van der Waals surface area contributed by atoms with Gasteiger partial charge in [0.15, 0.2) is 6.29 Å². The number of hydrogen-bond acceptors (Lipinski definition) is 5. The van der Waals surface area contributed by atoms with Gasteiger partial charge in [-0.15, -0.1) is 0 Å². The number of aryl methyl sites for hydroxylation is 2. The SMILES string of the molecule is Cc1cc(C(=O)OCC(C)(C)C2OCC(C)(C)CO2)oc1C. The first-order valence-corrected chi connectivity index (χ1v) is 7.58. The average Bonchev–Trinajstić information content (AvgIpc) is 2.76. The molecule has 1 saturated heterocycles. The third kappa shape index (κ3) is 3.90. The molecule has 5 heteroatoms. The van der Waals surface area contributed by atoms with Crippen molar-refractivity contribution in [2.75, 3.05) is 19.8 Å². The van der Waals surface area contributed by atoms with Gasteiger partial charge in [0.2, 0.25) is 5.76 Å². The predicted octanol–water partition coefficient (Wildman–Crippen LogP) is 3.48. The molecule has 1 aromatic heterocycles. The Kier molecular flexibility index (Phi) is 4.68. The quantitative estimate of drug-likeness (QED) is 0.797. The van der Waals surface area contributed by atoms with E-state index in [0.717, 1.165) is 11.3 Å². The molecule has 0 saturated carbocycles. The molecule has 5 nitrogen and oxygen atoms in total. The van der Waals surface area contributed by atoms with Crippen LogP contribution < -0.4 is 0 Å². The molecule has 2 heterocycles. The highest BCUT2D eigenvalue weighted by molar-refractivity contribution is 5.86. The van der Waals surface area contributed by atoms with E-state index in [0.29, 0.717) is 13.2 Å². The molecular weight excluding hydrogens is 284 g/mol. The second kappa shape index (κ2) is 6.05. The van der Waals surface area contributed by atoms with E-state index in [1.807, 2.05) is 27.7 Å². The van der Waals surface area contributed by atoms with Crippen molar-refractivity contribution in [3.05, 3.63) is 23.2 Å². The molecule has 22 heavy (non-hydrogen) atoms. The number of ether oxygens (including phenoxy) is 3. The van der Waals surface area contributed by atoms with Crippen LogP contribution in [0, 0.1) is 24.7 Å². The molecule has 0 atom stereocenters. The third-order valence-corrected chi connectivity index (χ3v) is 3.83. The van der Waals surface area contributed by atoms with Crippen molar-refractivity contribution >= 4 is 5.97 Å². The Labute approximate surface area is 131 Å². The maximum Gasteiger partial charge on any atom is 0.374 e. The highest BCUT2D eigenvalue weighted by atomic mass is 16.7. The summed E-state index contributed by atoms with van der Waals surface area (Å²) in [5.41, 5.74) is 0.530. The molecule has 0 amide bonds. The lowest BCUT2D eigenvalue weighted by molar-refractivity contribution is -0.267.